The Morgan fingerprint density at radius 1 is 0.600 bits per heavy atom. The van der Waals surface area contributed by atoms with Gasteiger partial charge in [-0.2, -0.15) is 0 Å². The molecule has 2 unspecified atom stereocenters. The van der Waals surface area contributed by atoms with Gasteiger partial charge < -0.3 is 10.6 Å². The monoisotopic (exact) mass is 408 g/mol. The summed E-state index contributed by atoms with van der Waals surface area (Å²) in [7, 11) is 0. The molecular formula is C26H36N2O2. The highest BCUT2D eigenvalue weighted by atomic mass is 16.2. The number of unbranched alkanes of at least 4 members (excludes halogenated alkanes) is 5. The van der Waals surface area contributed by atoms with Crippen LogP contribution in [-0.2, 0) is 9.59 Å². The SMILES string of the molecule is CC(NC(=O)CCCCCCCCC(=O)NC(C)c1ccccc1)c1ccccc1. The average molecular weight is 409 g/mol. The molecule has 0 saturated heterocycles. The van der Waals surface area contributed by atoms with Crippen molar-refractivity contribution in [3.05, 3.63) is 71.8 Å². The van der Waals surface area contributed by atoms with Crippen LogP contribution in [0.3, 0.4) is 0 Å². The predicted molar refractivity (Wildman–Crippen MR) is 123 cm³/mol. The number of carbonyl (C=O) groups excluding carboxylic acids is 2. The van der Waals surface area contributed by atoms with Crippen LogP contribution in [0.5, 0.6) is 0 Å². The first-order valence-electron chi connectivity index (χ1n) is 11.2. The van der Waals surface area contributed by atoms with E-state index in [4.69, 9.17) is 0 Å². The Kier molecular flexibility index (Phi) is 10.7. The van der Waals surface area contributed by atoms with Crippen molar-refractivity contribution in [2.24, 2.45) is 0 Å². The van der Waals surface area contributed by atoms with Crippen LogP contribution >= 0.6 is 0 Å². The lowest BCUT2D eigenvalue weighted by molar-refractivity contribution is -0.122. The van der Waals surface area contributed by atoms with E-state index in [0.717, 1.165) is 49.7 Å². The molecule has 0 fully saturated rings. The first kappa shape index (κ1) is 23.7. The zero-order valence-corrected chi connectivity index (χ0v) is 18.4. The molecule has 0 heterocycles. The van der Waals surface area contributed by atoms with Gasteiger partial charge in [-0.1, -0.05) is 86.3 Å². The van der Waals surface area contributed by atoms with Crippen LogP contribution in [0.15, 0.2) is 60.7 Å². The second kappa shape index (κ2) is 13.6. The van der Waals surface area contributed by atoms with Gasteiger partial charge in [0.1, 0.15) is 0 Å². The van der Waals surface area contributed by atoms with E-state index in [1.165, 1.54) is 0 Å². The van der Waals surface area contributed by atoms with Crippen LogP contribution in [-0.4, -0.2) is 11.8 Å². The lowest BCUT2D eigenvalue weighted by Crippen LogP contribution is -2.26. The molecule has 0 aromatic heterocycles. The van der Waals surface area contributed by atoms with Gasteiger partial charge in [0.15, 0.2) is 0 Å². The standard InChI is InChI=1S/C26H36N2O2/c1-21(23-15-9-7-10-16-23)27-25(29)19-13-5-3-4-6-14-20-26(30)28-22(2)24-17-11-8-12-18-24/h7-12,15-18,21-22H,3-6,13-14,19-20H2,1-2H3,(H,27,29)(H,28,30). The number of hydrogen-bond acceptors (Lipinski definition) is 2. The fourth-order valence-corrected chi connectivity index (χ4v) is 3.56. The summed E-state index contributed by atoms with van der Waals surface area (Å²) in [5.74, 6) is 0.242. The maximum Gasteiger partial charge on any atom is 0.220 e. The first-order chi connectivity index (χ1) is 14.6. The topological polar surface area (TPSA) is 58.2 Å². The summed E-state index contributed by atoms with van der Waals surface area (Å²) in [4.78, 5) is 24.1. The van der Waals surface area contributed by atoms with Gasteiger partial charge in [-0.3, -0.25) is 9.59 Å². The van der Waals surface area contributed by atoms with Crippen LogP contribution in [0.2, 0.25) is 0 Å². The molecule has 2 aromatic rings. The van der Waals surface area contributed by atoms with Crippen molar-refractivity contribution in [1.82, 2.24) is 10.6 Å². The molecule has 2 aromatic carbocycles. The van der Waals surface area contributed by atoms with Gasteiger partial charge in [-0.05, 0) is 37.8 Å². The Labute approximate surface area is 181 Å². The van der Waals surface area contributed by atoms with Gasteiger partial charge in [-0.25, -0.2) is 0 Å². The van der Waals surface area contributed by atoms with Crippen molar-refractivity contribution in [2.45, 2.75) is 77.3 Å². The number of rotatable bonds is 13. The van der Waals surface area contributed by atoms with Crippen molar-refractivity contribution in [3.63, 3.8) is 0 Å². The van der Waals surface area contributed by atoms with Crippen molar-refractivity contribution in [1.29, 1.82) is 0 Å². The summed E-state index contributed by atoms with van der Waals surface area (Å²) in [5, 5.41) is 6.13. The van der Waals surface area contributed by atoms with E-state index in [9.17, 15) is 9.59 Å². The van der Waals surface area contributed by atoms with E-state index >= 15 is 0 Å². The molecule has 162 valence electrons. The maximum absolute atomic E-state index is 12.1. The largest absolute Gasteiger partial charge is 0.350 e. The second-order valence-electron chi connectivity index (χ2n) is 8.02. The lowest BCUT2D eigenvalue weighted by atomic mass is 10.1. The Morgan fingerprint density at radius 2 is 0.933 bits per heavy atom. The Hall–Kier alpha value is -2.62. The van der Waals surface area contributed by atoms with Crippen molar-refractivity contribution < 1.29 is 9.59 Å². The zero-order valence-electron chi connectivity index (χ0n) is 18.4. The highest BCUT2D eigenvalue weighted by Crippen LogP contribution is 2.14. The van der Waals surface area contributed by atoms with Gasteiger partial charge in [0.2, 0.25) is 11.8 Å². The minimum absolute atomic E-state index is 0.0504. The second-order valence-corrected chi connectivity index (χ2v) is 8.02. The molecule has 4 nitrogen and oxygen atoms in total. The fraction of sp³-hybridized carbons (Fsp3) is 0.462. The van der Waals surface area contributed by atoms with Gasteiger partial charge in [0.25, 0.3) is 0 Å². The first-order valence-corrected chi connectivity index (χ1v) is 11.2. The number of amides is 2. The van der Waals surface area contributed by atoms with Crippen LogP contribution in [0.4, 0.5) is 0 Å². The molecule has 0 bridgehead atoms. The minimum Gasteiger partial charge on any atom is -0.350 e. The smallest absolute Gasteiger partial charge is 0.220 e. The Balaban J connectivity index is 1.46. The van der Waals surface area contributed by atoms with E-state index in [-0.39, 0.29) is 23.9 Å². The summed E-state index contributed by atoms with van der Waals surface area (Å²) in [6, 6.07) is 20.2. The summed E-state index contributed by atoms with van der Waals surface area (Å²) >= 11 is 0. The fourth-order valence-electron chi connectivity index (χ4n) is 3.56. The highest BCUT2D eigenvalue weighted by molar-refractivity contribution is 5.76. The normalized spacial score (nSPS) is 12.7. The third kappa shape index (κ3) is 9.25. The van der Waals surface area contributed by atoms with Crippen LogP contribution in [0.1, 0.15) is 88.4 Å². The Bertz CT molecular complexity index is 681. The molecule has 0 spiro atoms. The van der Waals surface area contributed by atoms with Gasteiger partial charge in [0, 0.05) is 12.8 Å². The molecule has 4 heteroatoms. The van der Waals surface area contributed by atoms with Crippen LogP contribution in [0, 0.1) is 0 Å². The van der Waals surface area contributed by atoms with E-state index < -0.39 is 0 Å². The van der Waals surface area contributed by atoms with Gasteiger partial charge in [0.05, 0.1) is 12.1 Å². The molecule has 0 aliphatic rings. The molecule has 2 N–H and O–H groups in total. The number of hydrogen-bond donors (Lipinski definition) is 2. The number of benzene rings is 2. The third-order valence-electron chi connectivity index (χ3n) is 5.41. The molecule has 0 radical (unpaired) electrons. The van der Waals surface area contributed by atoms with E-state index in [1.807, 2.05) is 74.5 Å². The highest BCUT2D eigenvalue weighted by Gasteiger charge is 2.10. The molecule has 0 aliphatic carbocycles. The maximum atomic E-state index is 12.1. The summed E-state index contributed by atoms with van der Waals surface area (Å²) in [6.07, 6.45) is 7.35. The van der Waals surface area contributed by atoms with Crippen molar-refractivity contribution in [3.8, 4) is 0 Å². The molecule has 2 rings (SSSR count). The molecular weight excluding hydrogens is 372 g/mol. The van der Waals surface area contributed by atoms with Crippen molar-refractivity contribution in [2.75, 3.05) is 0 Å². The molecule has 2 atom stereocenters. The molecule has 0 aliphatic heterocycles. The van der Waals surface area contributed by atoms with Crippen molar-refractivity contribution >= 4 is 11.8 Å². The number of carbonyl (C=O) groups is 2. The molecule has 2 amide bonds. The van der Waals surface area contributed by atoms with Gasteiger partial charge in [-0.15, -0.1) is 0 Å². The van der Waals surface area contributed by atoms with Crippen LogP contribution in [0.25, 0.3) is 0 Å². The van der Waals surface area contributed by atoms with E-state index in [0.29, 0.717) is 12.8 Å². The average Bonchev–Trinajstić information content (AvgIpc) is 2.76. The van der Waals surface area contributed by atoms with E-state index in [1.54, 1.807) is 0 Å². The summed E-state index contributed by atoms with van der Waals surface area (Å²) < 4.78 is 0. The molecule has 0 saturated carbocycles. The molecule has 30 heavy (non-hydrogen) atoms. The van der Waals surface area contributed by atoms with E-state index in [2.05, 4.69) is 10.6 Å². The van der Waals surface area contributed by atoms with Gasteiger partial charge >= 0.3 is 0 Å². The summed E-state index contributed by atoms with van der Waals surface area (Å²) in [6.45, 7) is 4.04. The van der Waals surface area contributed by atoms with Crippen LogP contribution < -0.4 is 10.6 Å². The summed E-state index contributed by atoms with van der Waals surface area (Å²) in [5.41, 5.74) is 2.26. The number of nitrogens with one attached hydrogen (secondary N) is 2. The third-order valence-corrected chi connectivity index (χ3v) is 5.41. The quantitative estimate of drug-likeness (QED) is 0.408. The lowest BCUT2D eigenvalue weighted by Gasteiger charge is -2.14. The minimum atomic E-state index is 0.0504. The Morgan fingerprint density at radius 3 is 1.30 bits per heavy atom. The predicted octanol–water partition coefficient (Wildman–Crippen LogP) is 5.86. The zero-order chi connectivity index (χ0) is 21.6.